The number of aromatic nitrogens is 1. The molecule has 2 unspecified atom stereocenters. The van der Waals surface area contributed by atoms with E-state index < -0.39 is 24.0 Å². The van der Waals surface area contributed by atoms with E-state index in [2.05, 4.69) is 10.3 Å². The third-order valence-electron chi connectivity index (χ3n) is 5.59. The van der Waals surface area contributed by atoms with Crippen LogP contribution in [-0.2, 0) is 23.8 Å². The third kappa shape index (κ3) is 5.68. The van der Waals surface area contributed by atoms with Crippen molar-refractivity contribution in [3.63, 3.8) is 0 Å². The van der Waals surface area contributed by atoms with Gasteiger partial charge in [0.15, 0.2) is 10.8 Å². The Balaban J connectivity index is 1.82. The van der Waals surface area contributed by atoms with E-state index >= 15 is 0 Å². The van der Waals surface area contributed by atoms with E-state index in [1.54, 1.807) is 31.3 Å². The zero-order valence-electron chi connectivity index (χ0n) is 19.1. The number of carbonyl (C=O) groups is 2. The second-order valence-electron chi connectivity index (χ2n) is 7.71. The molecule has 12 heteroatoms. The number of halogens is 2. The molecule has 1 saturated heterocycles. The van der Waals surface area contributed by atoms with Crippen LogP contribution in [0.15, 0.2) is 46.0 Å². The van der Waals surface area contributed by atoms with Gasteiger partial charge in [-0.25, -0.2) is 9.78 Å². The number of methoxy groups -OCH3 is 1. The topological polar surface area (TPSA) is 102 Å². The number of aliphatic imine (C=N–C) groups is 1. The zero-order chi connectivity index (χ0) is 24.9. The minimum atomic E-state index is -0.772. The summed E-state index contributed by atoms with van der Waals surface area (Å²) in [6.07, 6.45) is 1.67. The minimum Gasteiger partial charge on any atom is -0.468 e. The summed E-state index contributed by atoms with van der Waals surface area (Å²) in [7, 11) is 1.34. The van der Waals surface area contributed by atoms with Crippen molar-refractivity contribution in [3.05, 3.63) is 61.7 Å². The van der Waals surface area contributed by atoms with Gasteiger partial charge in [-0.15, -0.1) is 11.3 Å². The highest BCUT2D eigenvalue weighted by Crippen LogP contribution is 2.37. The molecule has 35 heavy (non-hydrogen) atoms. The van der Waals surface area contributed by atoms with Crippen LogP contribution < -0.4 is 5.32 Å². The Kier molecular flexibility index (Phi) is 8.40. The van der Waals surface area contributed by atoms with Crippen LogP contribution in [-0.4, -0.2) is 73.7 Å². The first-order valence-corrected chi connectivity index (χ1v) is 12.6. The number of carbonyl (C=O) groups excluding carboxylic acids is 2. The Hall–Kier alpha value is -2.50. The lowest BCUT2D eigenvalue weighted by Gasteiger charge is -2.36. The summed E-state index contributed by atoms with van der Waals surface area (Å²) in [5.74, 6) is -0.456. The number of ether oxygens (including phenoxy) is 3. The van der Waals surface area contributed by atoms with E-state index in [-0.39, 0.29) is 19.8 Å². The van der Waals surface area contributed by atoms with Crippen molar-refractivity contribution in [2.24, 2.45) is 4.99 Å². The minimum absolute atomic E-state index is 0.183. The van der Waals surface area contributed by atoms with E-state index in [0.717, 1.165) is 0 Å². The molecule has 2 aromatic rings. The molecule has 1 N–H and O–H groups in total. The monoisotopic (exact) mass is 538 g/mol. The van der Waals surface area contributed by atoms with Crippen molar-refractivity contribution in [1.82, 2.24) is 15.2 Å². The molecule has 0 saturated carbocycles. The predicted octanol–water partition coefficient (Wildman–Crippen LogP) is 3.23. The number of thiazole rings is 1. The summed E-state index contributed by atoms with van der Waals surface area (Å²) in [5, 5.41) is 6.59. The van der Waals surface area contributed by atoms with Gasteiger partial charge in [-0.2, -0.15) is 0 Å². The summed E-state index contributed by atoms with van der Waals surface area (Å²) in [5.41, 5.74) is 1.43. The number of esters is 2. The molecule has 2 aliphatic rings. The van der Waals surface area contributed by atoms with Gasteiger partial charge in [0.25, 0.3) is 0 Å². The van der Waals surface area contributed by atoms with Crippen LogP contribution in [0.2, 0.25) is 10.0 Å². The molecule has 9 nitrogen and oxygen atoms in total. The first-order valence-electron chi connectivity index (χ1n) is 10.9. The van der Waals surface area contributed by atoms with Crippen molar-refractivity contribution in [2.45, 2.75) is 19.0 Å². The maximum absolute atomic E-state index is 13.3. The van der Waals surface area contributed by atoms with Crippen LogP contribution in [0.5, 0.6) is 0 Å². The van der Waals surface area contributed by atoms with Crippen molar-refractivity contribution in [1.29, 1.82) is 0 Å². The molecule has 0 spiro atoms. The Morgan fingerprint density at radius 1 is 1.34 bits per heavy atom. The molecule has 2 atom stereocenters. The van der Waals surface area contributed by atoms with E-state index in [4.69, 9.17) is 42.4 Å². The smallest absolute Gasteiger partial charge is 0.338 e. The summed E-state index contributed by atoms with van der Waals surface area (Å²) in [6, 6.07) is 3.66. The lowest BCUT2D eigenvalue weighted by molar-refractivity contribution is -0.152. The molecular weight excluding hydrogens is 515 g/mol. The molecule has 4 rings (SSSR count). The second kappa shape index (κ2) is 11.5. The predicted molar refractivity (Wildman–Crippen MR) is 133 cm³/mol. The molecule has 0 radical (unpaired) electrons. The molecule has 3 heterocycles. The van der Waals surface area contributed by atoms with E-state index in [9.17, 15) is 9.59 Å². The first-order chi connectivity index (χ1) is 16.9. The molecule has 186 valence electrons. The van der Waals surface area contributed by atoms with Crippen LogP contribution in [0.1, 0.15) is 23.5 Å². The number of morpholine rings is 1. The van der Waals surface area contributed by atoms with Crippen LogP contribution in [0, 0.1) is 0 Å². The molecule has 1 fully saturated rings. The molecule has 2 aliphatic heterocycles. The Labute approximate surface area is 216 Å². The van der Waals surface area contributed by atoms with Gasteiger partial charge in [0.05, 0.1) is 32.5 Å². The SMILES string of the molecule is CCOC(=O)C1=C(CN2CCOCC2C(=O)OC)NC(c2nccs2)=NC1c1ccc(Cl)cc1Cl. The number of hydrogen-bond acceptors (Lipinski definition) is 10. The molecule has 0 bridgehead atoms. The number of amidine groups is 1. The largest absolute Gasteiger partial charge is 0.468 e. The van der Waals surface area contributed by atoms with Crippen molar-refractivity contribution < 1.29 is 23.8 Å². The van der Waals surface area contributed by atoms with Gasteiger partial charge in [0, 0.05) is 46.0 Å². The normalized spacial score (nSPS) is 20.7. The molecular formula is C23H24Cl2N4O5S. The maximum atomic E-state index is 13.3. The van der Waals surface area contributed by atoms with Gasteiger partial charge in [-0.05, 0) is 19.1 Å². The molecule has 0 amide bonds. The molecule has 1 aromatic heterocycles. The maximum Gasteiger partial charge on any atom is 0.338 e. The van der Waals surface area contributed by atoms with Crippen molar-refractivity contribution in [3.8, 4) is 0 Å². The lowest BCUT2D eigenvalue weighted by atomic mass is 9.95. The highest BCUT2D eigenvalue weighted by Gasteiger charge is 2.37. The van der Waals surface area contributed by atoms with Crippen LogP contribution >= 0.6 is 34.5 Å². The molecule has 0 aliphatic carbocycles. The van der Waals surface area contributed by atoms with Gasteiger partial charge in [0.2, 0.25) is 0 Å². The van der Waals surface area contributed by atoms with Gasteiger partial charge < -0.3 is 19.5 Å². The van der Waals surface area contributed by atoms with Gasteiger partial charge in [0.1, 0.15) is 12.1 Å². The third-order valence-corrected chi connectivity index (χ3v) is 6.93. The Morgan fingerprint density at radius 2 is 2.17 bits per heavy atom. The fourth-order valence-corrected chi connectivity index (χ4v) is 5.05. The number of nitrogens with one attached hydrogen (secondary N) is 1. The quantitative estimate of drug-likeness (QED) is 0.536. The van der Waals surface area contributed by atoms with Crippen LogP contribution in [0.25, 0.3) is 0 Å². The van der Waals surface area contributed by atoms with E-state index in [0.29, 0.717) is 50.9 Å². The summed E-state index contributed by atoms with van der Waals surface area (Å²) in [6.45, 7) is 3.24. The fraction of sp³-hybridized carbons (Fsp3) is 0.391. The number of benzene rings is 1. The van der Waals surface area contributed by atoms with Crippen molar-refractivity contribution in [2.75, 3.05) is 40.0 Å². The van der Waals surface area contributed by atoms with Gasteiger partial charge in [-0.3, -0.25) is 14.7 Å². The fourth-order valence-electron chi connectivity index (χ4n) is 3.95. The van der Waals surface area contributed by atoms with Crippen molar-refractivity contribution >= 4 is 52.3 Å². The van der Waals surface area contributed by atoms with E-state index in [1.807, 2.05) is 10.3 Å². The van der Waals surface area contributed by atoms with Crippen LogP contribution in [0.3, 0.4) is 0 Å². The Bertz CT molecular complexity index is 1150. The summed E-state index contributed by atoms with van der Waals surface area (Å²) < 4.78 is 15.9. The highest BCUT2D eigenvalue weighted by atomic mass is 35.5. The zero-order valence-corrected chi connectivity index (χ0v) is 21.5. The number of hydrogen-bond donors (Lipinski definition) is 1. The Morgan fingerprint density at radius 3 is 2.86 bits per heavy atom. The van der Waals surface area contributed by atoms with Gasteiger partial charge >= 0.3 is 11.9 Å². The first kappa shape index (κ1) is 25.6. The van der Waals surface area contributed by atoms with Crippen LogP contribution in [0.4, 0.5) is 0 Å². The highest BCUT2D eigenvalue weighted by molar-refractivity contribution is 7.11. The second-order valence-corrected chi connectivity index (χ2v) is 9.44. The summed E-state index contributed by atoms with van der Waals surface area (Å²) >= 11 is 14.1. The van der Waals surface area contributed by atoms with E-state index in [1.165, 1.54) is 18.4 Å². The molecule has 1 aromatic carbocycles. The number of nitrogens with zero attached hydrogens (tertiary/aromatic N) is 3. The summed E-state index contributed by atoms with van der Waals surface area (Å²) in [4.78, 5) is 36.8. The number of rotatable bonds is 7. The average molecular weight is 539 g/mol. The average Bonchev–Trinajstić information content (AvgIpc) is 3.39. The van der Waals surface area contributed by atoms with Gasteiger partial charge in [-0.1, -0.05) is 29.3 Å². The lowest BCUT2D eigenvalue weighted by Crippen LogP contribution is -2.52. The standard InChI is InChI=1S/C23H24Cl2N4O5S/c1-3-34-23(31)18-16(11-29-7-8-33-12-17(29)22(30)32-2)27-20(21-26-6-9-35-21)28-19(18)14-5-4-13(24)10-15(14)25/h4-6,9-10,17,19H,3,7-8,11-12H2,1-2H3,(H,27,28).